The molecule has 0 bridgehead atoms. The van der Waals surface area contributed by atoms with Gasteiger partial charge in [0.2, 0.25) is 0 Å². The van der Waals surface area contributed by atoms with Crippen LogP contribution in [0.15, 0.2) is 59.5 Å². The van der Waals surface area contributed by atoms with Crippen LogP contribution in [0.25, 0.3) is 0 Å². The Morgan fingerprint density at radius 2 is 1.68 bits per heavy atom. The van der Waals surface area contributed by atoms with Crippen LogP contribution in [0.4, 0.5) is 4.39 Å². The molecule has 2 aliphatic heterocycles. The van der Waals surface area contributed by atoms with Crippen molar-refractivity contribution in [2.24, 2.45) is 11.3 Å². The third-order valence-corrected chi connectivity index (χ3v) is 11.9. The number of halogens is 3. The molecule has 0 radical (unpaired) electrons. The van der Waals surface area contributed by atoms with Crippen LogP contribution in [0.1, 0.15) is 65.2 Å². The van der Waals surface area contributed by atoms with Gasteiger partial charge in [-0.2, -0.15) is 0 Å². The predicted octanol–water partition coefficient (Wildman–Crippen LogP) is 5.73. The lowest BCUT2D eigenvalue weighted by Gasteiger charge is -2.41. The van der Waals surface area contributed by atoms with Gasteiger partial charge in [0.1, 0.15) is 5.82 Å². The highest BCUT2D eigenvalue weighted by atomic mass is 35.5. The van der Waals surface area contributed by atoms with E-state index in [1.807, 2.05) is 7.05 Å². The van der Waals surface area contributed by atoms with Gasteiger partial charge in [-0.25, -0.2) is 12.8 Å². The summed E-state index contributed by atoms with van der Waals surface area (Å²) in [6.07, 6.45) is 3.84. The molecular formula is C35H39Cl2FN2O6S. The Hall–Kier alpha value is -2.57. The number of benzene rings is 3. The number of hydrogen-bond acceptors (Lipinski definition) is 7. The fourth-order valence-electron chi connectivity index (χ4n) is 6.99. The lowest BCUT2D eigenvalue weighted by Crippen LogP contribution is -2.48. The molecule has 2 fully saturated rings. The first-order valence-corrected chi connectivity index (χ1v) is 18.3. The zero-order valence-corrected chi connectivity index (χ0v) is 28.9. The zero-order valence-electron chi connectivity index (χ0n) is 26.6. The standard InChI is InChI=1S/C35H39Cl2FN2O6S/c1-33(43,23-10-14-39(2)15-11-23)25-16-28-31(29(38)17-25)35(24-5-8-26(36)9-6-24,46-21-34(20-41)12-13-34)40(32(28)42)19-22-4-7-27(37)18-30(22)47(3,44)45/h4-9,16-18,23,41,43H,10-15,19-21H2,1-3H3/t33-,35+/m0/s1. The summed E-state index contributed by atoms with van der Waals surface area (Å²) >= 11 is 12.5. The second-order valence-corrected chi connectivity index (χ2v) is 16.5. The fraction of sp³-hybridized carbons (Fsp3) is 0.457. The SMILES string of the molecule is CN1CCC([C@](C)(O)c2cc(F)c3c(c2)C(=O)N(Cc2ccc(Cl)cc2S(C)(=O)=O)[C@@]3(OCC2(CO)CC2)c2ccc(Cl)cc2)CC1. The lowest BCUT2D eigenvalue weighted by molar-refractivity contribution is -0.130. The number of sulfone groups is 1. The number of carbonyl (C=O) groups excluding carboxylic acids is 1. The van der Waals surface area contributed by atoms with Crippen molar-refractivity contribution in [1.82, 2.24) is 9.80 Å². The maximum Gasteiger partial charge on any atom is 0.257 e. The number of carbonyl (C=O) groups is 1. The molecule has 3 aliphatic rings. The fourth-order valence-corrected chi connectivity index (χ4v) is 8.30. The minimum absolute atomic E-state index is 0.00337. The normalized spacial score (nSPS) is 22.7. The highest BCUT2D eigenvalue weighted by Crippen LogP contribution is 2.53. The topological polar surface area (TPSA) is 107 Å². The summed E-state index contributed by atoms with van der Waals surface area (Å²) in [5.74, 6) is -1.50. The summed E-state index contributed by atoms with van der Waals surface area (Å²) in [5, 5.41) is 22.7. The summed E-state index contributed by atoms with van der Waals surface area (Å²) in [4.78, 5) is 18.1. The van der Waals surface area contributed by atoms with Gasteiger partial charge < -0.3 is 19.8 Å². The maximum atomic E-state index is 16.9. The molecule has 2 atom stereocenters. The molecule has 252 valence electrons. The number of ether oxygens (including phenoxy) is 1. The van der Waals surface area contributed by atoms with Gasteiger partial charge in [-0.05, 0) is 106 Å². The van der Waals surface area contributed by atoms with Crippen molar-refractivity contribution in [2.45, 2.75) is 55.4 Å². The highest BCUT2D eigenvalue weighted by Gasteiger charge is 2.57. The van der Waals surface area contributed by atoms with Gasteiger partial charge in [0, 0.05) is 27.3 Å². The summed E-state index contributed by atoms with van der Waals surface area (Å²) < 4.78 is 49.5. The van der Waals surface area contributed by atoms with Crippen LogP contribution in [0.3, 0.4) is 0 Å². The Balaban J connectivity index is 1.56. The number of fused-ring (bicyclic) bond motifs is 1. The molecule has 1 aliphatic carbocycles. The number of piperidine rings is 1. The van der Waals surface area contributed by atoms with Crippen molar-refractivity contribution in [2.75, 3.05) is 39.6 Å². The molecule has 2 N–H and O–H groups in total. The minimum atomic E-state index is -3.79. The predicted molar refractivity (Wildman–Crippen MR) is 178 cm³/mol. The number of rotatable bonds is 10. The van der Waals surface area contributed by atoms with E-state index < -0.39 is 38.3 Å². The second kappa shape index (κ2) is 12.4. The summed E-state index contributed by atoms with van der Waals surface area (Å²) in [7, 11) is -1.78. The monoisotopic (exact) mass is 704 g/mol. The van der Waals surface area contributed by atoms with Crippen LogP contribution in [0, 0.1) is 17.2 Å². The molecule has 0 aromatic heterocycles. The van der Waals surface area contributed by atoms with Crippen LogP contribution in [0.5, 0.6) is 0 Å². The van der Waals surface area contributed by atoms with E-state index >= 15 is 4.39 Å². The average molecular weight is 706 g/mol. The smallest absolute Gasteiger partial charge is 0.257 e. The number of aliphatic hydroxyl groups is 2. The Labute approximate surface area is 285 Å². The van der Waals surface area contributed by atoms with Gasteiger partial charge in [-0.3, -0.25) is 9.69 Å². The van der Waals surface area contributed by atoms with Gasteiger partial charge in [-0.1, -0.05) is 41.4 Å². The highest BCUT2D eigenvalue weighted by molar-refractivity contribution is 7.90. The van der Waals surface area contributed by atoms with Crippen molar-refractivity contribution in [3.8, 4) is 0 Å². The molecule has 12 heteroatoms. The molecule has 3 aromatic rings. The van der Waals surface area contributed by atoms with Gasteiger partial charge in [-0.15, -0.1) is 0 Å². The zero-order chi connectivity index (χ0) is 33.9. The van der Waals surface area contributed by atoms with E-state index in [0.29, 0.717) is 36.3 Å². The molecule has 0 spiro atoms. The van der Waals surface area contributed by atoms with E-state index in [1.54, 1.807) is 37.3 Å². The van der Waals surface area contributed by atoms with Crippen molar-refractivity contribution in [3.63, 3.8) is 0 Å². The van der Waals surface area contributed by atoms with Gasteiger partial charge >= 0.3 is 0 Å². The summed E-state index contributed by atoms with van der Waals surface area (Å²) in [6.45, 7) is 2.80. The van der Waals surface area contributed by atoms with Crippen LogP contribution in [0.2, 0.25) is 10.0 Å². The third-order valence-electron chi connectivity index (χ3n) is 10.3. The molecule has 0 unspecified atom stereocenters. The van der Waals surface area contributed by atoms with E-state index in [-0.39, 0.29) is 57.8 Å². The molecule has 3 aromatic carbocycles. The van der Waals surface area contributed by atoms with Crippen molar-refractivity contribution in [1.29, 1.82) is 0 Å². The first kappa shape index (κ1) is 34.3. The number of nitrogens with zero attached hydrogens (tertiary/aromatic N) is 2. The number of amides is 1. The van der Waals surface area contributed by atoms with Crippen LogP contribution >= 0.6 is 23.2 Å². The van der Waals surface area contributed by atoms with Crippen LogP contribution < -0.4 is 0 Å². The molecular weight excluding hydrogens is 666 g/mol. The Bertz CT molecular complexity index is 1810. The minimum Gasteiger partial charge on any atom is -0.396 e. The van der Waals surface area contributed by atoms with E-state index in [9.17, 15) is 23.4 Å². The lowest BCUT2D eigenvalue weighted by atomic mass is 9.76. The molecule has 8 nitrogen and oxygen atoms in total. The summed E-state index contributed by atoms with van der Waals surface area (Å²) in [5.41, 5.74) is -2.94. The third kappa shape index (κ3) is 6.23. The number of hydrogen-bond donors (Lipinski definition) is 2. The molecule has 1 saturated carbocycles. The summed E-state index contributed by atoms with van der Waals surface area (Å²) in [6, 6.07) is 13.8. The van der Waals surface area contributed by atoms with Gasteiger partial charge in [0.05, 0.1) is 41.4 Å². The van der Waals surface area contributed by atoms with Crippen LogP contribution in [-0.2, 0) is 32.4 Å². The molecule has 1 saturated heterocycles. The molecule has 6 rings (SSSR count). The van der Waals surface area contributed by atoms with Gasteiger partial charge in [0.25, 0.3) is 5.91 Å². The first-order valence-electron chi connectivity index (χ1n) is 15.7. The van der Waals surface area contributed by atoms with Crippen molar-refractivity contribution in [3.05, 3.63) is 98.3 Å². The molecule has 2 heterocycles. The Morgan fingerprint density at radius 3 is 2.28 bits per heavy atom. The maximum absolute atomic E-state index is 16.9. The molecule has 1 amide bonds. The number of aliphatic hydroxyl groups excluding tert-OH is 1. The molecule has 47 heavy (non-hydrogen) atoms. The van der Waals surface area contributed by atoms with Gasteiger partial charge in [0.15, 0.2) is 15.6 Å². The second-order valence-electron chi connectivity index (χ2n) is 13.6. The largest absolute Gasteiger partial charge is 0.396 e. The Morgan fingerprint density at radius 1 is 1.04 bits per heavy atom. The van der Waals surface area contributed by atoms with E-state index in [4.69, 9.17) is 27.9 Å². The first-order chi connectivity index (χ1) is 22.1. The quantitative estimate of drug-likeness (QED) is 0.278. The van der Waals surface area contributed by atoms with Crippen molar-refractivity contribution < 1.29 is 32.6 Å². The van der Waals surface area contributed by atoms with E-state index in [1.165, 1.54) is 29.2 Å². The van der Waals surface area contributed by atoms with Crippen LogP contribution in [-0.4, -0.2) is 73.9 Å². The van der Waals surface area contributed by atoms with Crippen molar-refractivity contribution >= 4 is 38.9 Å². The van der Waals surface area contributed by atoms with E-state index in [0.717, 1.165) is 19.3 Å². The average Bonchev–Trinajstić information content (AvgIpc) is 3.77. The number of likely N-dealkylation sites (tertiary alicyclic amines) is 1. The van der Waals surface area contributed by atoms with E-state index in [2.05, 4.69) is 4.90 Å². The Kier molecular flexibility index (Phi) is 9.04.